The highest BCUT2D eigenvalue weighted by Gasteiger charge is 2.74. The third-order valence-electron chi connectivity index (χ3n) is 12.9. The smallest absolute Gasteiger partial charge is 0.355 e. The second-order valence-electron chi connectivity index (χ2n) is 16.2. The van der Waals surface area contributed by atoms with E-state index in [1.54, 1.807) is 57.2 Å². The number of ketones is 1. The van der Waals surface area contributed by atoms with Gasteiger partial charge in [0.25, 0.3) is 5.91 Å². The first-order chi connectivity index (χ1) is 28.9. The van der Waals surface area contributed by atoms with Gasteiger partial charge in [0.2, 0.25) is 11.5 Å². The summed E-state index contributed by atoms with van der Waals surface area (Å²) in [6.07, 6.45) is 3.86. The van der Waals surface area contributed by atoms with Crippen molar-refractivity contribution in [1.82, 2.24) is 4.90 Å². The van der Waals surface area contributed by atoms with Gasteiger partial charge in [-0.05, 0) is 55.7 Å². The van der Waals surface area contributed by atoms with Crippen molar-refractivity contribution in [2.75, 3.05) is 30.6 Å². The first-order valence-electron chi connectivity index (χ1n) is 20.2. The minimum Gasteiger partial charge on any atom is -0.465 e. The van der Waals surface area contributed by atoms with Crippen molar-refractivity contribution in [3.05, 3.63) is 153 Å². The highest BCUT2D eigenvalue weighted by molar-refractivity contribution is 6.31. The molecule has 4 aromatic rings. The maximum Gasteiger partial charge on any atom is 0.355 e. The van der Waals surface area contributed by atoms with Gasteiger partial charge >= 0.3 is 11.9 Å². The van der Waals surface area contributed by atoms with Crippen LogP contribution >= 0.6 is 11.6 Å². The Morgan fingerprint density at radius 2 is 1.47 bits per heavy atom. The van der Waals surface area contributed by atoms with E-state index in [4.69, 9.17) is 25.8 Å². The highest BCUT2D eigenvalue weighted by atomic mass is 35.5. The minimum atomic E-state index is -2.18. The molecule has 2 bridgehead atoms. The van der Waals surface area contributed by atoms with Crippen LogP contribution in [0.4, 0.5) is 11.4 Å². The number of esters is 2. The normalized spacial score (nSPS) is 25.9. The summed E-state index contributed by atoms with van der Waals surface area (Å²) in [6, 6.07) is 26.3. The quantitative estimate of drug-likeness (QED) is 0.0988. The standard InChI is InChI=1S/C48H44ClN3O8/c1-6-7-23-50-36-20-15-28(3)24-34(36)48(46(50)57)39(43(54)58-4)40(44(55)59-5)52-37-22-19-32(42(52)60-48)38(41(53)30-16-13-27(2)14-17-30)47(37)33-25-31(49)18-21-35(33)51(45(47)56)26-29-11-9-8-10-12-29/h8-22,24-25,32,37-38,42H,6-7,23,26H2,1-5H3/t32-,37+,38-,42+,47+,48-/m1/s1. The number of hydrogen-bond donors (Lipinski definition) is 0. The van der Waals surface area contributed by atoms with E-state index in [9.17, 15) is 9.59 Å². The van der Waals surface area contributed by atoms with Crippen LogP contribution in [0, 0.1) is 25.7 Å². The van der Waals surface area contributed by atoms with E-state index in [0.717, 1.165) is 23.1 Å². The molecule has 4 aromatic carbocycles. The van der Waals surface area contributed by atoms with E-state index >= 15 is 14.4 Å². The van der Waals surface area contributed by atoms with Gasteiger partial charge in [0.15, 0.2) is 5.78 Å². The Hall–Kier alpha value is -6.04. The van der Waals surface area contributed by atoms with Crippen LogP contribution in [-0.4, -0.2) is 67.5 Å². The third kappa shape index (κ3) is 5.41. The molecule has 2 spiro atoms. The summed E-state index contributed by atoms with van der Waals surface area (Å²) in [6.45, 7) is 6.30. The van der Waals surface area contributed by atoms with Gasteiger partial charge in [0, 0.05) is 34.3 Å². The molecule has 0 saturated carbocycles. The summed E-state index contributed by atoms with van der Waals surface area (Å²) in [5.41, 5.74) is 0.375. The lowest BCUT2D eigenvalue weighted by Crippen LogP contribution is -2.75. The molecule has 0 N–H and O–H groups in total. The van der Waals surface area contributed by atoms with Crippen LogP contribution in [0.25, 0.3) is 0 Å². The van der Waals surface area contributed by atoms with Crippen LogP contribution in [0.1, 0.15) is 57.9 Å². The lowest BCUT2D eigenvalue weighted by atomic mass is 9.53. The molecule has 306 valence electrons. The molecule has 12 heteroatoms. The fraction of sp³-hybridized carbons (Fsp3) is 0.312. The van der Waals surface area contributed by atoms with Crippen molar-refractivity contribution >= 4 is 52.5 Å². The number of carbonyl (C=O) groups excluding carboxylic acids is 5. The van der Waals surface area contributed by atoms with Crippen LogP contribution in [0.5, 0.6) is 0 Å². The molecule has 1 fully saturated rings. The van der Waals surface area contributed by atoms with Gasteiger partial charge in [-0.1, -0.05) is 115 Å². The van der Waals surface area contributed by atoms with Gasteiger partial charge in [-0.15, -0.1) is 0 Å². The Labute approximate surface area is 353 Å². The fourth-order valence-corrected chi connectivity index (χ4v) is 10.4. The molecular weight excluding hydrogens is 782 g/mol. The number of hydrogen-bond acceptors (Lipinski definition) is 9. The predicted molar refractivity (Wildman–Crippen MR) is 224 cm³/mol. The molecular formula is C48H44ClN3O8. The zero-order valence-electron chi connectivity index (χ0n) is 33.9. The van der Waals surface area contributed by atoms with Crippen molar-refractivity contribution in [3.8, 4) is 0 Å². The highest BCUT2D eigenvalue weighted by Crippen LogP contribution is 2.64. The van der Waals surface area contributed by atoms with Crippen LogP contribution in [0.2, 0.25) is 5.02 Å². The molecule has 5 aliphatic heterocycles. The third-order valence-corrected chi connectivity index (χ3v) is 13.1. The minimum absolute atomic E-state index is 0.178. The van der Waals surface area contributed by atoms with Gasteiger partial charge in [-0.3, -0.25) is 14.4 Å². The summed E-state index contributed by atoms with van der Waals surface area (Å²) in [4.78, 5) is 80.9. The van der Waals surface area contributed by atoms with Crippen LogP contribution < -0.4 is 9.80 Å². The zero-order valence-corrected chi connectivity index (χ0v) is 34.7. The van der Waals surface area contributed by atoms with Gasteiger partial charge in [-0.25, -0.2) is 9.59 Å². The second kappa shape index (κ2) is 14.6. The van der Waals surface area contributed by atoms with Crippen LogP contribution in [0.3, 0.4) is 0 Å². The topological polar surface area (TPSA) is 123 Å². The number of benzene rings is 4. The maximum absolute atomic E-state index is 15.9. The average molecular weight is 826 g/mol. The number of fused-ring (bicyclic) bond motifs is 3. The largest absolute Gasteiger partial charge is 0.465 e. The van der Waals surface area contributed by atoms with Gasteiger partial charge in [0.1, 0.15) is 22.9 Å². The average Bonchev–Trinajstić information content (AvgIpc) is 3.61. The number of aryl methyl sites for hydroxylation is 2. The Balaban J connectivity index is 1.35. The lowest BCUT2D eigenvalue weighted by Gasteiger charge is -2.62. The molecule has 1 aliphatic carbocycles. The first-order valence-corrected chi connectivity index (χ1v) is 20.6. The van der Waals surface area contributed by atoms with Crippen molar-refractivity contribution < 1.29 is 38.2 Å². The van der Waals surface area contributed by atoms with Gasteiger partial charge in [-0.2, -0.15) is 0 Å². The van der Waals surface area contributed by atoms with E-state index in [2.05, 4.69) is 0 Å². The van der Waals surface area contributed by atoms with E-state index in [-0.39, 0.29) is 29.5 Å². The summed E-state index contributed by atoms with van der Waals surface area (Å²) >= 11 is 6.82. The zero-order chi connectivity index (χ0) is 42.2. The molecule has 10 rings (SSSR count). The predicted octanol–water partition coefficient (Wildman–Crippen LogP) is 7.11. The molecule has 11 nitrogen and oxygen atoms in total. The van der Waals surface area contributed by atoms with Crippen LogP contribution in [-0.2, 0) is 50.9 Å². The van der Waals surface area contributed by atoms with Crippen molar-refractivity contribution in [1.29, 1.82) is 0 Å². The lowest BCUT2D eigenvalue weighted by molar-refractivity contribution is -0.216. The summed E-state index contributed by atoms with van der Waals surface area (Å²) in [7, 11) is 2.37. The van der Waals surface area contributed by atoms with E-state index in [1.807, 2.05) is 81.4 Å². The van der Waals surface area contributed by atoms with Crippen LogP contribution in [0.15, 0.2) is 114 Å². The number of amides is 2. The molecule has 0 unspecified atom stereocenters. The molecule has 6 atom stereocenters. The number of Topliss-reactive ketones (excluding diaryl/α,β-unsaturated/α-hetero) is 1. The molecule has 0 radical (unpaired) electrons. The maximum atomic E-state index is 15.9. The number of unbranched alkanes of at least 4 members (excludes halogenated alkanes) is 1. The number of ether oxygens (including phenoxy) is 3. The Bertz CT molecular complexity index is 2550. The molecule has 5 heterocycles. The second-order valence-corrected chi connectivity index (χ2v) is 16.6. The number of methoxy groups -OCH3 is 2. The van der Waals surface area contributed by atoms with Gasteiger partial charge < -0.3 is 28.9 Å². The Kier molecular flexibility index (Phi) is 9.59. The Morgan fingerprint density at radius 1 is 0.783 bits per heavy atom. The number of piperidine rings is 1. The van der Waals surface area contributed by atoms with E-state index < -0.39 is 53.0 Å². The number of rotatable bonds is 9. The molecule has 2 amide bonds. The van der Waals surface area contributed by atoms with Gasteiger partial charge in [0.05, 0.1) is 38.4 Å². The summed E-state index contributed by atoms with van der Waals surface area (Å²) < 4.78 is 18.2. The fourth-order valence-electron chi connectivity index (χ4n) is 10.3. The number of halogens is 1. The van der Waals surface area contributed by atoms with E-state index in [0.29, 0.717) is 46.1 Å². The van der Waals surface area contributed by atoms with Crippen molar-refractivity contribution in [3.63, 3.8) is 0 Å². The number of nitrogens with zero attached hydrogens (tertiary/aromatic N) is 3. The Morgan fingerprint density at radius 3 is 2.17 bits per heavy atom. The molecule has 1 saturated heterocycles. The molecule has 60 heavy (non-hydrogen) atoms. The number of carbonyl (C=O) groups is 5. The first kappa shape index (κ1) is 39.4. The van der Waals surface area contributed by atoms with E-state index in [1.165, 1.54) is 14.2 Å². The molecule has 0 aromatic heterocycles. The number of anilines is 2. The molecule has 6 aliphatic rings. The summed E-state index contributed by atoms with van der Waals surface area (Å²) in [5, 5.41) is 0.342. The monoisotopic (exact) mass is 825 g/mol. The summed E-state index contributed by atoms with van der Waals surface area (Å²) in [5.74, 6) is -5.30. The van der Waals surface area contributed by atoms with Crippen molar-refractivity contribution in [2.45, 2.75) is 63.4 Å². The van der Waals surface area contributed by atoms with Crippen molar-refractivity contribution in [2.24, 2.45) is 11.8 Å². The SMILES string of the molecule is CCCCN1C(=O)[C@@]2(O[C@H]3[C@@H]4C=C[C@H](N3C(C(=O)OC)=C2C(=O)OC)[C@]2(C(=O)N(Cc3ccccc3)c3ccc(Cl)cc32)[C@H]4C(=O)c2ccc(C)cc2)c2cc(C)ccc21.